The number of furan rings is 1. The maximum Gasteiger partial charge on any atom is 0.255 e. The average molecular weight is 347 g/mol. The predicted molar refractivity (Wildman–Crippen MR) is 96.4 cm³/mol. The molecule has 1 amide bonds. The highest BCUT2D eigenvalue weighted by Gasteiger charge is 2.38. The van der Waals surface area contributed by atoms with Crippen molar-refractivity contribution in [3.05, 3.63) is 42.1 Å². The summed E-state index contributed by atoms with van der Waals surface area (Å²) in [7, 11) is 0. The van der Waals surface area contributed by atoms with E-state index in [1.807, 2.05) is 30.3 Å². The van der Waals surface area contributed by atoms with Crippen LogP contribution < -0.4 is 5.32 Å². The first-order valence-electron chi connectivity index (χ1n) is 8.39. The number of nitrogens with zero attached hydrogens (tertiary/aromatic N) is 3. The lowest BCUT2D eigenvalue weighted by atomic mass is 10.0. The number of aromatic nitrogens is 2. The number of hydrogen-bond acceptors (Lipinski definition) is 5. The summed E-state index contributed by atoms with van der Waals surface area (Å²) >= 11 is 0. The highest BCUT2D eigenvalue weighted by atomic mass is 16.3. The highest BCUT2D eigenvalue weighted by molar-refractivity contribution is 6.00. The Morgan fingerprint density at radius 2 is 2.15 bits per heavy atom. The molecule has 0 saturated heterocycles. The topological polar surface area (TPSA) is 95.6 Å². The fraction of sp³-hybridized carbons (Fsp3) is 0.263. The van der Waals surface area contributed by atoms with Crippen LogP contribution in [0.5, 0.6) is 0 Å². The normalized spacial score (nSPS) is 14.3. The molecule has 4 rings (SSSR count). The fourth-order valence-corrected chi connectivity index (χ4v) is 2.89. The molecule has 0 bridgehead atoms. The number of nitrogens with one attached hydrogen (secondary N) is 2. The van der Waals surface area contributed by atoms with Crippen LogP contribution in [-0.4, -0.2) is 28.3 Å². The van der Waals surface area contributed by atoms with Crippen LogP contribution in [0.4, 0.5) is 0 Å². The van der Waals surface area contributed by atoms with Gasteiger partial charge in [-0.15, -0.1) is 12.3 Å². The second-order valence-corrected chi connectivity index (χ2v) is 6.20. The summed E-state index contributed by atoms with van der Waals surface area (Å²) in [5, 5.41) is 18.8. The van der Waals surface area contributed by atoms with Gasteiger partial charge >= 0.3 is 0 Å². The Morgan fingerprint density at radius 1 is 1.31 bits per heavy atom. The number of terminal acetylenes is 1. The van der Waals surface area contributed by atoms with Crippen LogP contribution in [0.15, 0.2) is 51.2 Å². The predicted octanol–water partition coefficient (Wildman–Crippen LogP) is 3.52. The molecular formula is C19H17N5O2. The van der Waals surface area contributed by atoms with E-state index < -0.39 is 5.66 Å². The first kappa shape index (κ1) is 16.1. The van der Waals surface area contributed by atoms with Crippen LogP contribution in [0.1, 0.15) is 29.6 Å². The van der Waals surface area contributed by atoms with Crippen LogP contribution in [0.2, 0.25) is 0 Å². The van der Waals surface area contributed by atoms with E-state index in [-0.39, 0.29) is 5.91 Å². The fourth-order valence-electron chi connectivity index (χ4n) is 2.89. The Balaban J connectivity index is 1.43. The van der Waals surface area contributed by atoms with E-state index in [1.165, 1.54) is 6.20 Å². The van der Waals surface area contributed by atoms with Crippen molar-refractivity contribution in [1.82, 2.24) is 15.5 Å². The Morgan fingerprint density at radius 3 is 2.92 bits per heavy atom. The van der Waals surface area contributed by atoms with Crippen molar-refractivity contribution in [2.75, 3.05) is 6.54 Å². The highest BCUT2D eigenvalue weighted by Crippen LogP contribution is 2.36. The van der Waals surface area contributed by atoms with Gasteiger partial charge in [-0.3, -0.25) is 9.89 Å². The van der Waals surface area contributed by atoms with Crippen molar-refractivity contribution in [2.45, 2.75) is 24.9 Å². The third-order valence-electron chi connectivity index (χ3n) is 4.42. The summed E-state index contributed by atoms with van der Waals surface area (Å²) in [6.07, 6.45) is 8.76. The molecule has 1 aromatic carbocycles. The summed E-state index contributed by atoms with van der Waals surface area (Å²) < 4.78 is 5.82. The van der Waals surface area contributed by atoms with Gasteiger partial charge in [-0.1, -0.05) is 18.2 Å². The minimum atomic E-state index is -0.405. The maximum atomic E-state index is 12.5. The smallest absolute Gasteiger partial charge is 0.255 e. The third-order valence-corrected chi connectivity index (χ3v) is 4.42. The zero-order valence-corrected chi connectivity index (χ0v) is 14.0. The van der Waals surface area contributed by atoms with Gasteiger partial charge in [0.05, 0.1) is 11.8 Å². The number of rotatable bonds is 7. The molecule has 0 atom stereocenters. The van der Waals surface area contributed by atoms with Crippen molar-refractivity contribution in [2.24, 2.45) is 10.2 Å². The number of para-hydroxylation sites is 1. The van der Waals surface area contributed by atoms with Gasteiger partial charge in [-0.2, -0.15) is 15.3 Å². The van der Waals surface area contributed by atoms with E-state index in [1.54, 1.807) is 0 Å². The molecule has 0 unspecified atom stereocenters. The van der Waals surface area contributed by atoms with Crippen molar-refractivity contribution < 1.29 is 9.21 Å². The van der Waals surface area contributed by atoms with Gasteiger partial charge in [0.2, 0.25) is 0 Å². The molecule has 1 aliphatic rings. The molecule has 2 aromatic heterocycles. The van der Waals surface area contributed by atoms with Gasteiger partial charge < -0.3 is 9.73 Å². The molecule has 3 aromatic rings. The van der Waals surface area contributed by atoms with Gasteiger partial charge in [0.25, 0.3) is 5.91 Å². The van der Waals surface area contributed by atoms with Gasteiger partial charge in [0.1, 0.15) is 11.3 Å². The lowest BCUT2D eigenvalue weighted by molar-refractivity contribution is 0.0952. The summed E-state index contributed by atoms with van der Waals surface area (Å²) in [6, 6.07) is 9.56. The molecule has 0 radical (unpaired) electrons. The average Bonchev–Trinajstić information content (AvgIpc) is 3.09. The Hall–Kier alpha value is -3.40. The number of fused-ring (bicyclic) bond motifs is 1. The molecule has 0 aliphatic carbocycles. The Labute approximate surface area is 149 Å². The van der Waals surface area contributed by atoms with E-state index in [2.05, 4.69) is 31.7 Å². The van der Waals surface area contributed by atoms with E-state index in [0.29, 0.717) is 36.4 Å². The molecule has 7 nitrogen and oxygen atoms in total. The molecule has 0 fully saturated rings. The van der Waals surface area contributed by atoms with Crippen LogP contribution in [-0.2, 0) is 0 Å². The Kier molecular flexibility index (Phi) is 4.01. The van der Waals surface area contributed by atoms with Crippen molar-refractivity contribution in [1.29, 1.82) is 0 Å². The number of aromatic amines is 1. The van der Waals surface area contributed by atoms with E-state index in [0.717, 1.165) is 17.4 Å². The van der Waals surface area contributed by atoms with E-state index >= 15 is 0 Å². The zero-order chi connectivity index (χ0) is 18.0. The number of amides is 1. The van der Waals surface area contributed by atoms with Gasteiger partial charge in [-0.25, -0.2) is 0 Å². The van der Waals surface area contributed by atoms with Crippen LogP contribution in [0.3, 0.4) is 0 Å². The van der Waals surface area contributed by atoms with E-state index in [4.69, 9.17) is 10.8 Å². The van der Waals surface area contributed by atoms with E-state index in [9.17, 15) is 4.79 Å². The molecule has 2 N–H and O–H groups in total. The number of H-pyrrole nitrogens is 1. The lowest BCUT2D eigenvalue weighted by Crippen LogP contribution is -2.28. The summed E-state index contributed by atoms with van der Waals surface area (Å²) in [5.41, 5.74) is 1.35. The summed E-state index contributed by atoms with van der Waals surface area (Å²) in [5.74, 6) is 2.95. The first-order valence-corrected chi connectivity index (χ1v) is 8.39. The number of carbonyl (C=O) groups excluding carboxylic acids is 1. The van der Waals surface area contributed by atoms with Gasteiger partial charge in [0, 0.05) is 31.2 Å². The van der Waals surface area contributed by atoms with Gasteiger partial charge in [-0.05, 0) is 12.1 Å². The standard InChI is InChI=1S/C19H17N5O2/c1-2-3-8-19(23-24-19)9-10-20-18(25)14-12-21-22-17(14)16-11-13-6-4-5-7-15(13)26-16/h1,4-7,11-12H,3,8-10H2,(H,20,25)(H,21,22). The second-order valence-electron chi connectivity index (χ2n) is 6.20. The number of benzene rings is 1. The third kappa shape index (κ3) is 3.09. The number of carbonyl (C=O) groups is 1. The first-order chi connectivity index (χ1) is 12.7. The summed E-state index contributed by atoms with van der Waals surface area (Å²) in [4.78, 5) is 12.5. The SMILES string of the molecule is C#CCCC1(CCNC(=O)c2cn[nH]c2-c2cc3ccccc3o2)N=N1. The van der Waals surface area contributed by atoms with Crippen molar-refractivity contribution >= 4 is 16.9 Å². The molecule has 0 spiro atoms. The molecule has 1 aliphatic heterocycles. The van der Waals surface area contributed by atoms with Crippen LogP contribution >= 0.6 is 0 Å². The van der Waals surface area contributed by atoms with Crippen molar-refractivity contribution in [3.63, 3.8) is 0 Å². The monoisotopic (exact) mass is 347 g/mol. The molecule has 3 heterocycles. The minimum absolute atomic E-state index is 0.220. The zero-order valence-electron chi connectivity index (χ0n) is 14.0. The summed E-state index contributed by atoms with van der Waals surface area (Å²) in [6.45, 7) is 0.459. The largest absolute Gasteiger partial charge is 0.454 e. The molecule has 130 valence electrons. The van der Waals surface area contributed by atoms with Crippen LogP contribution in [0, 0.1) is 12.3 Å². The van der Waals surface area contributed by atoms with Crippen LogP contribution in [0.25, 0.3) is 22.4 Å². The van der Waals surface area contributed by atoms with Crippen molar-refractivity contribution in [3.8, 4) is 23.8 Å². The second kappa shape index (κ2) is 6.48. The lowest BCUT2D eigenvalue weighted by Gasteiger charge is -2.09. The maximum absolute atomic E-state index is 12.5. The molecule has 0 saturated carbocycles. The molecular weight excluding hydrogens is 330 g/mol. The molecule has 7 heteroatoms. The Bertz CT molecular complexity index is 985. The number of hydrogen-bond donors (Lipinski definition) is 2. The molecule has 26 heavy (non-hydrogen) atoms. The minimum Gasteiger partial charge on any atom is -0.454 e. The quantitative estimate of drug-likeness (QED) is 0.640. The van der Waals surface area contributed by atoms with Gasteiger partial charge in [0.15, 0.2) is 11.4 Å².